The van der Waals surface area contributed by atoms with Crippen LogP contribution in [0.5, 0.6) is 0 Å². The van der Waals surface area contributed by atoms with Crippen LogP contribution < -0.4 is 0 Å². The number of benzene rings is 2. The van der Waals surface area contributed by atoms with Gasteiger partial charge in [-0.05, 0) is 6.26 Å². The molecule has 0 aromatic heterocycles. The Morgan fingerprint density at radius 1 is 1.10 bits per heavy atom. The summed E-state index contributed by atoms with van der Waals surface area (Å²) in [6, 6.07) is 17.5. The Balaban J connectivity index is 2.34. The van der Waals surface area contributed by atoms with Gasteiger partial charge in [0, 0.05) is 16.9 Å². The van der Waals surface area contributed by atoms with E-state index in [9.17, 15) is 9.90 Å². The average Bonchev–Trinajstić information content (AvgIpc) is 2.56. The lowest BCUT2D eigenvalue weighted by molar-refractivity contribution is -0.169. The summed E-state index contributed by atoms with van der Waals surface area (Å²) in [5, 5.41) is 10.9. The molecule has 1 N–H and O–H groups in total. The minimum Gasteiger partial charge on any atom is -0.356 e. The second-order valence-electron chi connectivity index (χ2n) is 4.55. The van der Waals surface area contributed by atoms with Gasteiger partial charge in [0.2, 0.25) is 5.78 Å². The number of Topliss-reactive ketones (excluding diaryl/α,β-unsaturated/α-hetero) is 1. The fraction of sp³-hybridized carbons (Fsp3) is 0.235. The summed E-state index contributed by atoms with van der Waals surface area (Å²) in [5.41, 5.74) is 0.868. The largest absolute Gasteiger partial charge is 0.356 e. The van der Waals surface area contributed by atoms with Crippen LogP contribution in [0, 0.1) is 0 Å². The van der Waals surface area contributed by atoms with E-state index in [1.165, 1.54) is 0 Å². The van der Waals surface area contributed by atoms with Crippen molar-refractivity contribution in [2.24, 2.45) is 0 Å². The molecule has 0 aliphatic heterocycles. The number of carbonyl (C=O) groups is 1. The molecule has 0 saturated heterocycles. The van der Waals surface area contributed by atoms with E-state index in [1.807, 2.05) is 18.4 Å². The van der Waals surface area contributed by atoms with Crippen molar-refractivity contribution in [3.8, 4) is 0 Å². The highest BCUT2D eigenvalue weighted by Crippen LogP contribution is 2.27. The summed E-state index contributed by atoms with van der Waals surface area (Å²) in [5.74, 6) is -1.69. The van der Waals surface area contributed by atoms with Crippen LogP contribution in [0.25, 0.3) is 0 Å². The first-order valence-electron chi connectivity index (χ1n) is 6.69. The standard InChI is InChI=1S/C17H18O3S/c1-21-13-12-20-17(19,15-10-6-3-7-11-15)16(18)14-8-4-2-5-9-14/h2-11,19H,12-13H2,1H3. The second-order valence-corrected chi connectivity index (χ2v) is 5.53. The van der Waals surface area contributed by atoms with Crippen LogP contribution in [0.1, 0.15) is 15.9 Å². The predicted molar refractivity (Wildman–Crippen MR) is 85.4 cm³/mol. The van der Waals surface area contributed by atoms with Gasteiger partial charge in [0.05, 0.1) is 6.61 Å². The van der Waals surface area contributed by atoms with Gasteiger partial charge in [0.15, 0.2) is 0 Å². The van der Waals surface area contributed by atoms with Crippen molar-refractivity contribution in [2.75, 3.05) is 18.6 Å². The molecular formula is C17H18O3S. The zero-order valence-electron chi connectivity index (χ0n) is 11.9. The maximum Gasteiger partial charge on any atom is 0.258 e. The van der Waals surface area contributed by atoms with Crippen molar-refractivity contribution >= 4 is 17.5 Å². The minimum atomic E-state index is -1.95. The third-order valence-electron chi connectivity index (χ3n) is 3.11. The number of rotatable bonds is 7. The molecule has 0 amide bonds. The zero-order chi connectivity index (χ0) is 15.1. The van der Waals surface area contributed by atoms with Gasteiger partial charge in [-0.3, -0.25) is 4.79 Å². The van der Waals surface area contributed by atoms with E-state index in [1.54, 1.807) is 60.3 Å². The molecule has 0 bridgehead atoms. The van der Waals surface area contributed by atoms with Crippen LogP contribution in [-0.4, -0.2) is 29.5 Å². The first kappa shape index (κ1) is 15.8. The topological polar surface area (TPSA) is 46.5 Å². The number of ketones is 1. The first-order chi connectivity index (χ1) is 10.2. The normalized spacial score (nSPS) is 13.6. The SMILES string of the molecule is CSCCOC(O)(C(=O)c1ccccc1)c1ccccc1. The van der Waals surface area contributed by atoms with Crippen LogP contribution in [0.3, 0.4) is 0 Å². The lowest BCUT2D eigenvalue weighted by atomic mass is 9.96. The molecule has 110 valence electrons. The Hall–Kier alpha value is -1.62. The van der Waals surface area contributed by atoms with Crippen molar-refractivity contribution in [1.29, 1.82) is 0 Å². The number of ether oxygens (including phenoxy) is 1. The summed E-state index contributed by atoms with van der Waals surface area (Å²) in [6.07, 6.45) is 1.95. The van der Waals surface area contributed by atoms with Gasteiger partial charge in [0.25, 0.3) is 5.79 Å². The molecule has 0 fully saturated rings. The smallest absolute Gasteiger partial charge is 0.258 e. The fourth-order valence-electron chi connectivity index (χ4n) is 2.00. The maximum absolute atomic E-state index is 12.7. The molecule has 0 aliphatic rings. The van der Waals surface area contributed by atoms with Crippen molar-refractivity contribution in [3.05, 3.63) is 71.8 Å². The predicted octanol–water partition coefficient (Wildman–Crippen LogP) is 3.09. The average molecular weight is 302 g/mol. The van der Waals surface area contributed by atoms with Crippen molar-refractivity contribution < 1.29 is 14.6 Å². The monoisotopic (exact) mass is 302 g/mol. The highest BCUT2D eigenvalue weighted by molar-refractivity contribution is 7.98. The van der Waals surface area contributed by atoms with E-state index in [2.05, 4.69) is 0 Å². The van der Waals surface area contributed by atoms with E-state index in [-0.39, 0.29) is 0 Å². The zero-order valence-corrected chi connectivity index (χ0v) is 12.7. The van der Waals surface area contributed by atoms with Gasteiger partial charge >= 0.3 is 0 Å². The highest BCUT2D eigenvalue weighted by Gasteiger charge is 2.39. The van der Waals surface area contributed by atoms with Crippen LogP contribution in [0.15, 0.2) is 60.7 Å². The molecule has 3 nitrogen and oxygen atoms in total. The Kier molecular flexibility index (Phi) is 5.56. The third kappa shape index (κ3) is 3.73. The van der Waals surface area contributed by atoms with Crippen LogP contribution in [0.4, 0.5) is 0 Å². The molecule has 0 radical (unpaired) electrons. The number of hydrogen-bond donors (Lipinski definition) is 1. The van der Waals surface area contributed by atoms with E-state index in [0.29, 0.717) is 23.5 Å². The quantitative estimate of drug-likeness (QED) is 0.485. The molecule has 0 heterocycles. The molecule has 0 saturated carbocycles. The summed E-state index contributed by atoms with van der Waals surface area (Å²) in [7, 11) is 0. The van der Waals surface area contributed by atoms with E-state index in [4.69, 9.17) is 4.74 Å². The molecule has 2 aromatic rings. The summed E-state index contributed by atoms with van der Waals surface area (Å²) in [6.45, 7) is 0.297. The molecule has 2 rings (SSSR count). The third-order valence-corrected chi connectivity index (χ3v) is 3.68. The summed E-state index contributed by atoms with van der Waals surface area (Å²) >= 11 is 1.60. The maximum atomic E-state index is 12.7. The van der Waals surface area contributed by atoms with E-state index in [0.717, 1.165) is 0 Å². The van der Waals surface area contributed by atoms with Crippen LogP contribution in [0.2, 0.25) is 0 Å². The van der Waals surface area contributed by atoms with Gasteiger partial charge in [-0.15, -0.1) is 0 Å². The highest BCUT2D eigenvalue weighted by atomic mass is 32.2. The molecule has 2 aromatic carbocycles. The minimum absolute atomic E-state index is 0.297. The van der Waals surface area contributed by atoms with Gasteiger partial charge in [-0.1, -0.05) is 60.7 Å². The summed E-state index contributed by atoms with van der Waals surface area (Å²) in [4.78, 5) is 12.7. The second kappa shape index (κ2) is 7.41. The molecular weight excluding hydrogens is 284 g/mol. The Morgan fingerprint density at radius 3 is 2.24 bits per heavy atom. The van der Waals surface area contributed by atoms with Crippen LogP contribution >= 0.6 is 11.8 Å². The lowest BCUT2D eigenvalue weighted by Gasteiger charge is -2.27. The molecule has 0 aliphatic carbocycles. The van der Waals surface area contributed by atoms with Gasteiger partial charge in [-0.2, -0.15) is 11.8 Å². The Bertz CT molecular complexity index is 571. The van der Waals surface area contributed by atoms with Gasteiger partial charge in [0.1, 0.15) is 0 Å². The first-order valence-corrected chi connectivity index (χ1v) is 8.08. The molecule has 1 atom stereocenters. The Morgan fingerprint density at radius 2 is 1.67 bits per heavy atom. The van der Waals surface area contributed by atoms with Gasteiger partial charge < -0.3 is 9.84 Å². The number of aliphatic hydroxyl groups is 1. The molecule has 4 heteroatoms. The molecule has 0 spiro atoms. The fourth-order valence-corrected chi connectivity index (χ4v) is 2.25. The Labute approximate surface area is 129 Å². The van der Waals surface area contributed by atoms with Crippen molar-refractivity contribution in [3.63, 3.8) is 0 Å². The number of thioether (sulfide) groups is 1. The van der Waals surface area contributed by atoms with Crippen molar-refractivity contribution in [2.45, 2.75) is 5.79 Å². The molecule has 1 unspecified atom stereocenters. The van der Waals surface area contributed by atoms with Crippen molar-refractivity contribution in [1.82, 2.24) is 0 Å². The van der Waals surface area contributed by atoms with Crippen LogP contribution in [-0.2, 0) is 10.5 Å². The lowest BCUT2D eigenvalue weighted by Crippen LogP contribution is -2.39. The van der Waals surface area contributed by atoms with E-state index < -0.39 is 11.6 Å². The number of hydrogen-bond acceptors (Lipinski definition) is 4. The summed E-state index contributed by atoms with van der Waals surface area (Å²) < 4.78 is 5.56. The molecule has 21 heavy (non-hydrogen) atoms. The van der Waals surface area contributed by atoms with Gasteiger partial charge in [-0.25, -0.2) is 0 Å². The number of carbonyl (C=O) groups excluding carboxylic acids is 1. The van der Waals surface area contributed by atoms with E-state index >= 15 is 0 Å².